The highest BCUT2D eigenvalue weighted by atomic mass is 15.3. The van der Waals surface area contributed by atoms with Crippen molar-refractivity contribution < 1.29 is 0 Å². The summed E-state index contributed by atoms with van der Waals surface area (Å²) in [7, 11) is 0. The Morgan fingerprint density at radius 3 is 2.53 bits per heavy atom. The predicted molar refractivity (Wildman–Crippen MR) is 67.1 cm³/mol. The third-order valence-corrected chi connectivity index (χ3v) is 3.43. The van der Waals surface area contributed by atoms with Crippen molar-refractivity contribution >= 4 is 0 Å². The molecule has 0 aromatic heterocycles. The summed E-state index contributed by atoms with van der Waals surface area (Å²) < 4.78 is 0. The summed E-state index contributed by atoms with van der Waals surface area (Å²) in [6.07, 6.45) is 2.01. The second-order valence-electron chi connectivity index (χ2n) is 6.31. The van der Waals surface area contributed by atoms with E-state index >= 15 is 0 Å². The van der Waals surface area contributed by atoms with Gasteiger partial charge in [-0.3, -0.25) is 4.90 Å². The molecule has 1 aliphatic heterocycles. The van der Waals surface area contributed by atoms with Crippen LogP contribution in [0.5, 0.6) is 0 Å². The summed E-state index contributed by atoms with van der Waals surface area (Å²) in [5, 5.41) is 3.66. The van der Waals surface area contributed by atoms with Gasteiger partial charge in [-0.05, 0) is 19.3 Å². The minimum absolute atomic E-state index is 0.246. The van der Waals surface area contributed by atoms with E-state index < -0.39 is 0 Å². The van der Waals surface area contributed by atoms with E-state index in [0.29, 0.717) is 11.5 Å². The number of piperazine rings is 1. The summed E-state index contributed by atoms with van der Waals surface area (Å²) in [5.41, 5.74) is 0.575. The van der Waals surface area contributed by atoms with Gasteiger partial charge >= 0.3 is 0 Å². The molecule has 1 aliphatic rings. The van der Waals surface area contributed by atoms with Crippen LogP contribution in [0.1, 0.15) is 34.6 Å². The highest BCUT2D eigenvalue weighted by molar-refractivity contribution is 4.98. The molecule has 1 saturated heterocycles. The number of nitrogens with one attached hydrogen (secondary N) is 1. The third-order valence-electron chi connectivity index (χ3n) is 3.43. The van der Waals surface area contributed by atoms with E-state index in [0.717, 1.165) is 19.6 Å². The van der Waals surface area contributed by atoms with Crippen molar-refractivity contribution in [3.8, 4) is 0 Å². The fourth-order valence-corrected chi connectivity index (χ4v) is 2.07. The first-order valence-corrected chi connectivity index (χ1v) is 5.87. The molecule has 1 rings (SSSR count). The van der Waals surface area contributed by atoms with Gasteiger partial charge in [0.25, 0.3) is 0 Å². The lowest BCUT2D eigenvalue weighted by molar-refractivity contribution is 0.0459. The zero-order valence-electron chi connectivity index (χ0n) is 10.9. The van der Waals surface area contributed by atoms with Gasteiger partial charge in [0.2, 0.25) is 0 Å². The third kappa shape index (κ3) is 3.05. The lowest BCUT2D eigenvalue weighted by Gasteiger charge is -2.49. The molecule has 1 heterocycles. The zero-order chi connectivity index (χ0) is 11.7. The second kappa shape index (κ2) is 4.26. The van der Waals surface area contributed by atoms with Gasteiger partial charge in [0.05, 0.1) is 0 Å². The van der Waals surface area contributed by atoms with Crippen molar-refractivity contribution in [2.24, 2.45) is 5.41 Å². The molecule has 0 aromatic carbocycles. The van der Waals surface area contributed by atoms with Gasteiger partial charge in [-0.25, -0.2) is 0 Å². The molecule has 1 fully saturated rings. The van der Waals surface area contributed by atoms with Crippen LogP contribution in [0.4, 0.5) is 0 Å². The maximum Gasteiger partial charge on any atom is 0.0281 e. The van der Waals surface area contributed by atoms with Crippen molar-refractivity contribution in [3.05, 3.63) is 12.7 Å². The van der Waals surface area contributed by atoms with Crippen LogP contribution in [0.25, 0.3) is 0 Å². The van der Waals surface area contributed by atoms with Gasteiger partial charge in [0.15, 0.2) is 0 Å². The standard InChI is InChI=1S/C13H26N2/c1-7-8-15-9-11(12(2,3)4)14-10-13(15,5)6/h7,11,14H,1,8-10H2,2-6H3. The van der Waals surface area contributed by atoms with Gasteiger partial charge in [0, 0.05) is 31.2 Å². The number of rotatable bonds is 2. The number of hydrogen-bond acceptors (Lipinski definition) is 2. The summed E-state index contributed by atoms with van der Waals surface area (Å²) in [4.78, 5) is 2.52. The van der Waals surface area contributed by atoms with Gasteiger partial charge in [-0.2, -0.15) is 0 Å². The summed E-state index contributed by atoms with van der Waals surface area (Å²) in [6, 6.07) is 0.575. The van der Waals surface area contributed by atoms with E-state index in [1.807, 2.05) is 6.08 Å². The van der Waals surface area contributed by atoms with Gasteiger partial charge < -0.3 is 5.32 Å². The average molecular weight is 210 g/mol. The molecule has 1 atom stereocenters. The van der Waals surface area contributed by atoms with E-state index in [1.165, 1.54) is 0 Å². The minimum Gasteiger partial charge on any atom is -0.310 e. The zero-order valence-corrected chi connectivity index (χ0v) is 10.9. The molecular weight excluding hydrogens is 184 g/mol. The van der Waals surface area contributed by atoms with Crippen LogP contribution in [0.15, 0.2) is 12.7 Å². The van der Waals surface area contributed by atoms with E-state index in [1.54, 1.807) is 0 Å². The highest BCUT2D eigenvalue weighted by Crippen LogP contribution is 2.27. The molecule has 88 valence electrons. The Hall–Kier alpha value is -0.340. The monoisotopic (exact) mass is 210 g/mol. The van der Waals surface area contributed by atoms with Crippen molar-refractivity contribution in [1.29, 1.82) is 0 Å². The summed E-state index contributed by atoms with van der Waals surface area (Å²) in [6.45, 7) is 18.5. The van der Waals surface area contributed by atoms with Crippen LogP contribution in [0.2, 0.25) is 0 Å². The van der Waals surface area contributed by atoms with E-state index in [9.17, 15) is 0 Å². The molecule has 0 bridgehead atoms. The normalized spacial score (nSPS) is 27.7. The first kappa shape index (κ1) is 12.7. The van der Waals surface area contributed by atoms with Crippen LogP contribution in [-0.4, -0.2) is 36.1 Å². The molecule has 0 aliphatic carbocycles. The molecule has 0 radical (unpaired) electrons. The first-order chi connectivity index (χ1) is 6.77. The fraction of sp³-hybridized carbons (Fsp3) is 0.846. The Morgan fingerprint density at radius 1 is 1.47 bits per heavy atom. The molecular formula is C13H26N2. The second-order valence-corrected chi connectivity index (χ2v) is 6.31. The summed E-state index contributed by atoms with van der Waals surface area (Å²) >= 11 is 0. The molecule has 0 spiro atoms. The molecule has 2 heteroatoms. The quantitative estimate of drug-likeness (QED) is 0.703. The highest BCUT2D eigenvalue weighted by Gasteiger charge is 2.37. The lowest BCUT2D eigenvalue weighted by Crippen LogP contribution is -2.64. The minimum atomic E-state index is 0.246. The van der Waals surface area contributed by atoms with Crippen molar-refractivity contribution in [1.82, 2.24) is 10.2 Å². The van der Waals surface area contributed by atoms with E-state index in [2.05, 4.69) is 51.4 Å². The summed E-state index contributed by atoms with van der Waals surface area (Å²) in [5.74, 6) is 0. The van der Waals surface area contributed by atoms with Crippen LogP contribution < -0.4 is 5.32 Å². The maximum atomic E-state index is 3.85. The molecule has 0 aromatic rings. The van der Waals surface area contributed by atoms with E-state index in [4.69, 9.17) is 0 Å². The van der Waals surface area contributed by atoms with Crippen molar-refractivity contribution in [3.63, 3.8) is 0 Å². The fourth-order valence-electron chi connectivity index (χ4n) is 2.07. The molecule has 1 unspecified atom stereocenters. The Kier molecular flexibility index (Phi) is 3.62. The predicted octanol–water partition coefficient (Wildman–Crippen LogP) is 2.27. The van der Waals surface area contributed by atoms with Gasteiger partial charge in [0.1, 0.15) is 0 Å². The smallest absolute Gasteiger partial charge is 0.0281 e. The Labute approximate surface area is 94.7 Å². The largest absolute Gasteiger partial charge is 0.310 e. The lowest BCUT2D eigenvalue weighted by atomic mass is 9.83. The number of nitrogens with zero attached hydrogens (tertiary/aromatic N) is 1. The first-order valence-electron chi connectivity index (χ1n) is 5.87. The van der Waals surface area contributed by atoms with Crippen LogP contribution in [0.3, 0.4) is 0 Å². The molecule has 0 amide bonds. The SMILES string of the molecule is C=CCN1CC(C(C)(C)C)NCC1(C)C. The Morgan fingerprint density at radius 2 is 2.07 bits per heavy atom. The Balaban J connectivity index is 2.70. The van der Waals surface area contributed by atoms with Crippen LogP contribution >= 0.6 is 0 Å². The van der Waals surface area contributed by atoms with Crippen LogP contribution in [-0.2, 0) is 0 Å². The van der Waals surface area contributed by atoms with E-state index in [-0.39, 0.29) is 5.54 Å². The van der Waals surface area contributed by atoms with Crippen molar-refractivity contribution in [2.45, 2.75) is 46.2 Å². The number of hydrogen-bond donors (Lipinski definition) is 1. The van der Waals surface area contributed by atoms with Gasteiger partial charge in [-0.1, -0.05) is 26.8 Å². The molecule has 1 N–H and O–H groups in total. The topological polar surface area (TPSA) is 15.3 Å². The van der Waals surface area contributed by atoms with Crippen molar-refractivity contribution in [2.75, 3.05) is 19.6 Å². The maximum absolute atomic E-state index is 3.85. The molecule has 15 heavy (non-hydrogen) atoms. The molecule has 2 nitrogen and oxygen atoms in total. The van der Waals surface area contributed by atoms with Gasteiger partial charge in [-0.15, -0.1) is 6.58 Å². The molecule has 0 saturated carbocycles. The Bertz CT molecular complexity index is 225. The average Bonchev–Trinajstić information content (AvgIpc) is 2.06. The van der Waals surface area contributed by atoms with Crippen LogP contribution in [0, 0.1) is 5.41 Å².